The molecule has 0 saturated carbocycles. The van der Waals surface area contributed by atoms with Crippen LogP contribution < -0.4 is 15.2 Å². The van der Waals surface area contributed by atoms with E-state index in [1.165, 1.54) is 7.11 Å². The van der Waals surface area contributed by atoms with E-state index in [9.17, 15) is 9.90 Å². The number of hydrogen-bond donors (Lipinski definition) is 2. The van der Waals surface area contributed by atoms with E-state index in [0.29, 0.717) is 10.8 Å². The molecule has 6 heteroatoms. The predicted octanol–water partition coefficient (Wildman–Crippen LogP) is 2.24. The molecule has 1 amide bonds. The van der Waals surface area contributed by atoms with Crippen LogP contribution in [0.2, 0.25) is 5.02 Å². The quantitative estimate of drug-likeness (QED) is 0.809. The second-order valence-corrected chi connectivity index (χ2v) is 5.23. The first-order valence-corrected chi connectivity index (χ1v) is 6.86. The van der Waals surface area contributed by atoms with Gasteiger partial charge in [-0.15, -0.1) is 0 Å². The number of hydrogen-bond acceptors (Lipinski definition) is 4. The lowest BCUT2D eigenvalue weighted by molar-refractivity contribution is -0.119. The Labute approximate surface area is 129 Å². The number of halogens is 1. The molecule has 0 heterocycles. The number of nitrogens with two attached hydrogens (primary N) is 1. The van der Waals surface area contributed by atoms with E-state index in [1.54, 1.807) is 12.1 Å². The van der Waals surface area contributed by atoms with E-state index in [-0.39, 0.29) is 24.9 Å². The average molecular weight is 314 g/mol. The van der Waals surface area contributed by atoms with Crippen molar-refractivity contribution in [3.05, 3.63) is 28.3 Å². The van der Waals surface area contributed by atoms with E-state index in [2.05, 4.69) is 0 Å². The number of rotatable bonds is 7. The van der Waals surface area contributed by atoms with Gasteiger partial charge in [-0.25, -0.2) is 0 Å². The fourth-order valence-electron chi connectivity index (χ4n) is 1.72. The molecule has 1 aromatic carbocycles. The van der Waals surface area contributed by atoms with Crippen LogP contribution in [0.4, 0.5) is 0 Å². The molecule has 21 heavy (non-hydrogen) atoms. The van der Waals surface area contributed by atoms with Gasteiger partial charge in [0, 0.05) is 0 Å². The number of carbonyl (C=O) groups is 1. The number of carbonyl (C=O) groups excluding carboxylic acids is 1. The maximum Gasteiger partial charge on any atom is 0.255 e. The van der Waals surface area contributed by atoms with Crippen molar-refractivity contribution < 1.29 is 19.4 Å². The van der Waals surface area contributed by atoms with Gasteiger partial charge in [0.25, 0.3) is 5.91 Å². The Bertz CT molecular complexity index is 541. The molecule has 3 N–H and O–H groups in total. The van der Waals surface area contributed by atoms with Crippen LogP contribution in [0, 0.1) is 5.92 Å². The summed E-state index contributed by atoms with van der Waals surface area (Å²) in [6, 6.07) is 3.40. The zero-order chi connectivity index (χ0) is 16.0. The topological polar surface area (TPSA) is 81.8 Å². The summed E-state index contributed by atoms with van der Waals surface area (Å²) < 4.78 is 10.5. The van der Waals surface area contributed by atoms with Crippen LogP contribution >= 0.6 is 11.6 Å². The van der Waals surface area contributed by atoms with E-state index in [4.69, 9.17) is 26.8 Å². The second kappa shape index (κ2) is 7.90. The number of ether oxygens (including phenoxy) is 2. The smallest absolute Gasteiger partial charge is 0.255 e. The van der Waals surface area contributed by atoms with Crippen molar-refractivity contribution in [2.24, 2.45) is 11.7 Å². The zero-order valence-electron chi connectivity index (χ0n) is 12.4. The third-order valence-corrected chi connectivity index (χ3v) is 3.17. The molecule has 1 aromatic rings. The second-order valence-electron chi connectivity index (χ2n) is 4.82. The molecule has 0 fully saturated rings. The van der Waals surface area contributed by atoms with Crippen molar-refractivity contribution >= 4 is 23.6 Å². The number of aliphatic hydroxyl groups is 1. The van der Waals surface area contributed by atoms with Crippen LogP contribution in [0.25, 0.3) is 6.08 Å². The first-order valence-electron chi connectivity index (χ1n) is 6.49. The van der Waals surface area contributed by atoms with Gasteiger partial charge in [0.15, 0.2) is 18.1 Å². The van der Waals surface area contributed by atoms with Crippen LogP contribution in [-0.2, 0) is 4.79 Å². The maximum atomic E-state index is 10.8. The average Bonchev–Trinajstić information content (AvgIpc) is 2.42. The molecule has 0 aliphatic rings. The number of methoxy groups -OCH3 is 1. The molecule has 0 bridgehead atoms. The zero-order valence-corrected chi connectivity index (χ0v) is 13.1. The molecule has 0 aromatic heterocycles. The van der Waals surface area contributed by atoms with Gasteiger partial charge in [0.05, 0.1) is 18.7 Å². The van der Waals surface area contributed by atoms with Crippen molar-refractivity contribution in [1.29, 1.82) is 0 Å². The molecule has 0 atom stereocenters. The van der Waals surface area contributed by atoms with E-state index in [1.807, 2.05) is 19.9 Å². The predicted molar refractivity (Wildman–Crippen MR) is 82.6 cm³/mol. The maximum absolute atomic E-state index is 10.8. The summed E-state index contributed by atoms with van der Waals surface area (Å²) in [5.41, 5.74) is 6.70. The fourth-order valence-corrected chi connectivity index (χ4v) is 1.99. The Balaban J connectivity index is 3.16. The van der Waals surface area contributed by atoms with Crippen LogP contribution in [0.5, 0.6) is 11.5 Å². The van der Waals surface area contributed by atoms with Gasteiger partial charge in [-0.2, -0.15) is 0 Å². The monoisotopic (exact) mass is 313 g/mol. The van der Waals surface area contributed by atoms with Gasteiger partial charge in [-0.3, -0.25) is 4.79 Å². The van der Waals surface area contributed by atoms with Crippen molar-refractivity contribution in [2.45, 2.75) is 13.8 Å². The highest BCUT2D eigenvalue weighted by Crippen LogP contribution is 2.37. The van der Waals surface area contributed by atoms with Crippen LogP contribution in [0.3, 0.4) is 0 Å². The van der Waals surface area contributed by atoms with Crippen molar-refractivity contribution in [3.63, 3.8) is 0 Å². The lowest BCUT2D eigenvalue weighted by atomic mass is 10.0. The van der Waals surface area contributed by atoms with Gasteiger partial charge in [0.1, 0.15) is 0 Å². The first kappa shape index (κ1) is 17.3. The van der Waals surface area contributed by atoms with Gasteiger partial charge in [0.2, 0.25) is 0 Å². The summed E-state index contributed by atoms with van der Waals surface area (Å²) >= 11 is 6.15. The molecule has 0 aliphatic carbocycles. The normalized spacial score (nSPS) is 11.6. The summed E-state index contributed by atoms with van der Waals surface area (Å²) in [4.78, 5) is 10.8. The number of benzene rings is 1. The van der Waals surface area contributed by atoms with Gasteiger partial charge < -0.3 is 20.3 Å². The highest BCUT2D eigenvalue weighted by atomic mass is 35.5. The summed E-state index contributed by atoms with van der Waals surface area (Å²) in [6.45, 7) is 3.67. The summed E-state index contributed by atoms with van der Waals surface area (Å²) in [7, 11) is 1.48. The Hall–Kier alpha value is -1.72. The molecule has 0 unspecified atom stereocenters. The molecule has 5 nitrogen and oxygen atoms in total. The largest absolute Gasteiger partial charge is 0.493 e. The van der Waals surface area contributed by atoms with Gasteiger partial charge >= 0.3 is 0 Å². The molecular formula is C15H20ClNO4. The van der Waals surface area contributed by atoms with E-state index >= 15 is 0 Å². The molecule has 0 radical (unpaired) electrons. The molecule has 0 spiro atoms. The van der Waals surface area contributed by atoms with Gasteiger partial charge in [-0.05, 0) is 29.2 Å². The minimum Gasteiger partial charge on any atom is -0.493 e. The molecular weight excluding hydrogens is 294 g/mol. The Morgan fingerprint density at radius 2 is 2.14 bits per heavy atom. The summed E-state index contributed by atoms with van der Waals surface area (Å²) in [5.74, 6) is 0.284. The lowest BCUT2D eigenvalue weighted by Crippen LogP contribution is -2.20. The molecule has 0 saturated heterocycles. The fraction of sp³-hybridized carbons (Fsp3) is 0.400. The molecule has 1 rings (SSSR count). The van der Waals surface area contributed by atoms with Crippen molar-refractivity contribution in [3.8, 4) is 11.5 Å². The summed E-state index contributed by atoms with van der Waals surface area (Å²) in [6.07, 6.45) is 1.84. The Morgan fingerprint density at radius 3 is 2.62 bits per heavy atom. The SMILES string of the molecule is COc1cc(C=C(CO)C(C)C)cc(Cl)c1OCC(N)=O. The lowest BCUT2D eigenvalue weighted by Gasteiger charge is -2.13. The third kappa shape index (κ3) is 4.95. The summed E-state index contributed by atoms with van der Waals surface area (Å²) in [5, 5.41) is 9.65. The third-order valence-electron chi connectivity index (χ3n) is 2.89. The van der Waals surface area contributed by atoms with Crippen LogP contribution in [0.15, 0.2) is 17.7 Å². The Kier molecular flexibility index (Phi) is 6.52. The van der Waals surface area contributed by atoms with Crippen molar-refractivity contribution in [1.82, 2.24) is 0 Å². The highest BCUT2D eigenvalue weighted by molar-refractivity contribution is 6.32. The number of aliphatic hydroxyl groups excluding tert-OH is 1. The van der Waals surface area contributed by atoms with Gasteiger partial charge in [-0.1, -0.05) is 31.5 Å². The minimum atomic E-state index is -0.598. The van der Waals surface area contributed by atoms with E-state index < -0.39 is 5.91 Å². The van der Waals surface area contributed by atoms with Crippen molar-refractivity contribution in [2.75, 3.05) is 20.3 Å². The first-order chi connectivity index (χ1) is 9.88. The minimum absolute atomic E-state index is 0.0302. The van der Waals surface area contributed by atoms with Crippen LogP contribution in [-0.4, -0.2) is 31.3 Å². The standard InChI is InChI=1S/C15H20ClNO4/c1-9(2)11(7-18)4-10-5-12(16)15(13(6-10)20-3)21-8-14(17)19/h4-6,9,18H,7-8H2,1-3H3,(H2,17,19). The highest BCUT2D eigenvalue weighted by Gasteiger charge is 2.13. The number of primary amides is 1. The van der Waals surface area contributed by atoms with E-state index in [0.717, 1.165) is 11.1 Å². The Morgan fingerprint density at radius 1 is 1.48 bits per heavy atom. The number of amides is 1. The molecule has 116 valence electrons. The molecule has 0 aliphatic heterocycles. The van der Waals surface area contributed by atoms with Crippen LogP contribution in [0.1, 0.15) is 19.4 Å².